The molecule has 3 fully saturated rings. The van der Waals surface area contributed by atoms with Crippen LogP contribution in [0.1, 0.15) is 19.4 Å². The van der Waals surface area contributed by atoms with Gasteiger partial charge in [-0.25, -0.2) is 0 Å². The van der Waals surface area contributed by atoms with Crippen LogP contribution in [0.5, 0.6) is 5.75 Å². The number of benzene rings is 1. The molecule has 0 spiro atoms. The summed E-state index contributed by atoms with van der Waals surface area (Å²) in [6, 6.07) is 7.74. The van der Waals surface area contributed by atoms with Crippen molar-refractivity contribution in [3.8, 4) is 5.75 Å². The van der Waals surface area contributed by atoms with Gasteiger partial charge in [-0.3, -0.25) is 9.59 Å². The van der Waals surface area contributed by atoms with Crippen molar-refractivity contribution in [1.82, 2.24) is 9.80 Å². The maximum Gasteiger partial charge on any atom is 0.261 e. The number of likely N-dealkylation sites (N-methyl/N-ethyl adjacent to an activating group) is 2. The molecule has 7 heteroatoms. The van der Waals surface area contributed by atoms with Gasteiger partial charge in [0.2, 0.25) is 0 Å². The average molecular weight is 379 g/mol. The van der Waals surface area contributed by atoms with Crippen LogP contribution < -0.4 is 4.74 Å². The summed E-state index contributed by atoms with van der Waals surface area (Å²) in [5.41, 5.74) is 2.22. The standard InChI is InChI=1S/C18H22N2O3S2/c1-12(2)9-10-23-14-7-5-13(6-8-14)11-18-17(22)19(3)16(24-25-18)15(21)20(18)4/h5-9,16H,10-11H2,1-4H3/t16-,18-/m1/s1. The number of carbonyl (C=O) groups is 2. The first kappa shape index (κ1) is 18.2. The van der Waals surface area contributed by atoms with Crippen LogP contribution in [0.4, 0.5) is 0 Å². The molecule has 4 rings (SSSR count). The fourth-order valence-electron chi connectivity index (χ4n) is 2.87. The molecule has 0 saturated carbocycles. The summed E-state index contributed by atoms with van der Waals surface area (Å²) >= 11 is 0. The number of nitrogens with zero attached hydrogens (tertiary/aromatic N) is 2. The van der Waals surface area contributed by atoms with Gasteiger partial charge in [0.05, 0.1) is 0 Å². The van der Waals surface area contributed by atoms with Crippen molar-refractivity contribution in [3.05, 3.63) is 41.5 Å². The molecule has 134 valence electrons. The van der Waals surface area contributed by atoms with E-state index in [-0.39, 0.29) is 11.8 Å². The zero-order chi connectivity index (χ0) is 18.2. The third-order valence-electron chi connectivity index (χ3n) is 4.48. The molecule has 3 aliphatic heterocycles. The van der Waals surface area contributed by atoms with Gasteiger partial charge < -0.3 is 14.5 Å². The van der Waals surface area contributed by atoms with Crippen LogP contribution >= 0.6 is 21.6 Å². The summed E-state index contributed by atoms with van der Waals surface area (Å²) in [7, 11) is 6.40. The highest BCUT2D eigenvalue weighted by molar-refractivity contribution is 8.78. The van der Waals surface area contributed by atoms with Gasteiger partial charge in [0.1, 0.15) is 12.4 Å². The molecular weight excluding hydrogens is 356 g/mol. The van der Waals surface area contributed by atoms with Crippen LogP contribution in [0.2, 0.25) is 0 Å². The topological polar surface area (TPSA) is 49.9 Å². The second kappa shape index (κ2) is 6.96. The Bertz CT molecular complexity index is 716. The molecule has 0 aliphatic carbocycles. The minimum absolute atomic E-state index is 0.00692. The van der Waals surface area contributed by atoms with Crippen molar-refractivity contribution in [2.75, 3.05) is 20.7 Å². The summed E-state index contributed by atoms with van der Waals surface area (Å²) in [4.78, 5) is 27.6. The van der Waals surface area contributed by atoms with E-state index in [9.17, 15) is 9.59 Å². The van der Waals surface area contributed by atoms with Crippen molar-refractivity contribution < 1.29 is 14.3 Å². The van der Waals surface area contributed by atoms with Gasteiger partial charge in [0.25, 0.3) is 11.8 Å². The molecule has 1 aromatic carbocycles. The Labute approximate surface area is 156 Å². The predicted molar refractivity (Wildman–Crippen MR) is 102 cm³/mol. The number of fused-ring (bicyclic) bond motifs is 3. The summed E-state index contributed by atoms with van der Waals surface area (Å²) in [6.45, 7) is 4.61. The summed E-state index contributed by atoms with van der Waals surface area (Å²) < 4.78 is 5.67. The normalized spacial score (nSPS) is 25.4. The summed E-state index contributed by atoms with van der Waals surface area (Å²) in [6.07, 6.45) is 2.51. The molecule has 0 unspecified atom stereocenters. The van der Waals surface area contributed by atoms with E-state index in [1.54, 1.807) is 23.9 Å². The number of hydrogen-bond acceptors (Lipinski definition) is 5. The van der Waals surface area contributed by atoms with Crippen LogP contribution in [0.25, 0.3) is 0 Å². The van der Waals surface area contributed by atoms with Gasteiger partial charge in [-0.1, -0.05) is 39.3 Å². The molecule has 1 aromatic rings. The number of rotatable bonds is 5. The summed E-state index contributed by atoms with van der Waals surface area (Å²) in [5.74, 6) is 0.778. The highest BCUT2D eigenvalue weighted by atomic mass is 33.1. The molecular formula is C18H22N2O3S2. The van der Waals surface area contributed by atoms with Gasteiger partial charge >= 0.3 is 0 Å². The third-order valence-corrected chi connectivity index (χ3v) is 7.80. The molecule has 2 amide bonds. The van der Waals surface area contributed by atoms with E-state index >= 15 is 0 Å². The van der Waals surface area contributed by atoms with E-state index in [1.165, 1.54) is 27.2 Å². The van der Waals surface area contributed by atoms with Gasteiger partial charge in [-0.05, 0) is 37.6 Å². The van der Waals surface area contributed by atoms with Crippen LogP contribution in [0.3, 0.4) is 0 Å². The molecule has 0 N–H and O–H groups in total. The molecule has 2 bridgehead atoms. The summed E-state index contributed by atoms with van der Waals surface area (Å²) in [5, 5.41) is -0.407. The number of allylic oxidation sites excluding steroid dienone is 1. The minimum Gasteiger partial charge on any atom is -0.490 e. The lowest BCUT2D eigenvalue weighted by molar-refractivity contribution is -0.157. The number of piperazine rings is 1. The molecule has 2 atom stereocenters. The van der Waals surface area contributed by atoms with Crippen molar-refractivity contribution in [3.63, 3.8) is 0 Å². The monoisotopic (exact) mass is 378 g/mol. The van der Waals surface area contributed by atoms with E-state index in [0.717, 1.165) is 11.3 Å². The van der Waals surface area contributed by atoms with Crippen LogP contribution in [-0.4, -0.2) is 52.6 Å². The van der Waals surface area contributed by atoms with E-state index in [0.29, 0.717) is 13.0 Å². The fourth-order valence-corrected chi connectivity index (χ4v) is 6.34. The second-order valence-electron chi connectivity index (χ2n) is 6.54. The third kappa shape index (κ3) is 3.27. The molecule has 25 heavy (non-hydrogen) atoms. The van der Waals surface area contributed by atoms with Gasteiger partial charge in [0, 0.05) is 20.5 Å². The van der Waals surface area contributed by atoms with E-state index < -0.39 is 10.2 Å². The minimum atomic E-state index is -0.865. The van der Waals surface area contributed by atoms with E-state index in [1.807, 2.05) is 44.2 Å². The maximum atomic E-state index is 12.8. The first-order valence-corrected chi connectivity index (χ1v) is 10.3. The Hall–Kier alpha value is -1.60. The highest BCUT2D eigenvalue weighted by Gasteiger charge is 2.59. The Morgan fingerprint density at radius 1 is 1.24 bits per heavy atom. The zero-order valence-corrected chi connectivity index (χ0v) is 16.4. The lowest BCUT2D eigenvalue weighted by Crippen LogP contribution is -2.70. The number of amides is 2. The van der Waals surface area contributed by atoms with Crippen molar-refractivity contribution in [2.45, 2.75) is 30.5 Å². The van der Waals surface area contributed by atoms with E-state index in [4.69, 9.17) is 4.74 Å². The Kier molecular flexibility index (Phi) is 5.06. The average Bonchev–Trinajstić information content (AvgIpc) is 2.58. The molecule has 3 aliphatic rings. The van der Waals surface area contributed by atoms with Gasteiger partial charge in [-0.15, -0.1) is 0 Å². The van der Waals surface area contributed by atoms with Gasteiger partial charge in [-0.2, -0.15) is 0 Å². The SMILES string of the molecule is CC(C)=CCOc1ccc(C[C@]23SS[C@H](C(=O)N2C)N(C)C3=O)cc1. The number of hydrogen-bond donors (Lipinski definition) is 0. The Morgan fingerprint density at radius 3 is 2.56 bits per heavy atom. The van der Waals surface area contributed by atoms with Crippen molar-refractivity contribution in [2.24, 2.45) is 0 Å². The maximum absolute atomic E-state index is 12.8. The zero-order valence-electron chi connectivity index (χ0n) is 14.8. The Balaban J connectivity index is 1.75. The van der Waals surface area contributed by atoms with Crippen molar-refractivity contribution in [1.29, 1.82) is 0 Å². The molecule has 3 saturated heterocycles. The largest absolute Gasteiger partial charge is 0.490 e. The second-order valence-corrected chi connectivity index (χ2v) is 9.10. The number of ether oxygens (including phenoxy) is 1. The Morgan fingerprint density at radius 2 is 1.92 bits per heavy atom. The van der Waals surface area contributed by atoms with Crippen LogP contribution in [0, 0.1) is 0 Å². The van der Waals surface area contributed by atoms with Crippen molar-refractivity contribution >= 4 is 33.4 Å². The van der Waals surface area contributed by atoms with Crippen LogP contribution in [-0.2, 0) is 16.0 Å². The molecule has 5 nitrogen and oxygen atoms in total. The molecule has 0 radical (unpaired) electrons. The fraction of sp³-hybridized carbons (Fsp3) is 0.444. The first-order chi connectivity index (χ1) is 11.8. The molecule has 3 heterocycles. The quantitative estimate of drug-likeness (QED) is 0.582. The van der Waals surface area contributed by atoms with E-state index in [2.05, 4.69) is 0 Å². The smallest absolute Gasteiger partial charge is 0.261 e. The van der Waals surface area contributed by atoms with Gasteiger partial charge in [0.15, 0.2) is 10.2 Å². The lowest BCUT2D eigenvalue weighted by Gasteiger charge is -2.53. The first-order valence-electron chi connectivity index (χ1n) is 8.10. The lowest BCUT2D eigenvalue weighted by atomic mass is 10.0. The van der Waals surface area contributed by atoms with Crippen LogP contribution in [0.15, 0.2) is 35.9 Å². The predicted octanol–water partition coefficient (Wildman–Crippen LogP) is 2.92. The number of carbonyl (C=O) groups excluding carboxylic acids is 2. The molecule has 0 aromatic heterocycles. The highest BCUT2D eigenvalue weighted by Crippen LogP contribution is 2.53.